The van der Waals surface area contributed by atoms with E-state index in [4.69, 9.17) is 5.11 Å². The van der Waals surface area contributed by atoms with Crippen LogP contribution in [-0.2, 0) is 0 Å². The number of Topliss-reactive ketones (excluding diaryl/α,β-unsaturated/α-hetero) is 1. The van der Waals surface area contributed by atoms with Gasteiger partial charge in [-0.25, -0.2) is 0 Å². The number of benzene rings is 1. The lowest BCUT2D eigenvalue weighted by Crippen LogP contribution is -2.03. The van der Waals surface area contributed by atoms with Crippen LogP contribution < -0.4 is 0 Å². The molecule has 17 heavy (non-hydrogen) atoms. The Morgan fingerprint density at radius 1 is 1.59 bits per heavy atom. The number of nitro groups is 1. The highest BCUT2D eigenvalue weighted by Gasteiger charge is 2.18. The van der Waals surface area contributed by atoms with Gasteiger partial charge < -0.3 is 5.11 Å². The van der Waals surface area contributed by atoms with E-state index >= 15 is 0 Å². The fraction of sp³-hybridized carbons (Fsp3) is 0.364. The van der Waals surface area contributed by atoms with E-state index in [2.05, 4.69) is 0 Å². The molecule has 0 amide bonds. The first-order chi connectivity index (χ1) is 7.95. The molecule has 0 unspecified atom stereocenters. The number of nitro benzene ring substituents is 1. The maximum atomic E-state index is 11.1. The monoisotopic (exact) mass is 255 g/mol. The topological polar surface area (TPSA) is 80.4 Å². The normalized spacial score (nSPS) is 12.2. The summed E-state index contributed by atoms with van der Waals surface area (Å²) in [6.07, 6.45) is 0. The van der Waals surface area contributed by atoms with Gasteiger partial charge >= 0.3 is 0 Å². The van der Waals surface area contributed by atoms with Crippen LogP contribution in [0, 0.1) is 10.1 Å². The highest BCUT2D eigenvalue weighted by molar-refractivity contribution is 8.00. The third kappa shape index (κ3) is 3.54. The second kappa shape index (κ2) is 5.79. The Hall–Kier alpha value is -1.40. The minimum atomic E-state index is -0.515. The Morgan fingerprint density at radius 2 is 2.24 bits per heavy atom. The molecule has 0 bridgehead atoms. The summed E-state index contributed by atoms with van der Waals surface area (Å²) in [6.45, 7) is 3.08. The van der Waals surface area contributed by atoms with Crippen LogP contribution >= 0.6 is 11.8 Å². The molecule has 1 atom stereocenters. The zero-order valence-electron chi connectivity index (χ0n) is 9.54. The van der Waals surface area contributed by atoms with Gasteiger partial charge in [-0.05, 0) is 19.1 Å². The number of hydrogen-bond acceptors (Lipinski definition) is 5. The number of carbonyl (C=O) groups excluding carboxylic acids is 1. The van der Waals surface area contributed by atoms with Gasteiger partial charge in [0, 0.05) is 16.9 Å². The number of rotatable bonds is 5. The quantitative estimate of drug-likeness (QED) is 0.378. The van der Waals surface area contributed by atoms with Crippen molar-refractivity contribution in [1.82, 2.24) is 0 Å². The van der Waals surface area contributed by atoms with E-state index in [1.807, 2.05) is 0 Å². The fourth-order valence-corrected chi connectivity index (χ4v) is 2.14. The van der Waals surface area contributed by atoms with Crippen LogP contribution in [0.2, 0.25) is 0 Å². The molecule has 0 fully saturated rings. The smallest absolute Gasteiger partial charge is 0.283 e. The van der Waals surface area contributed by atoms with Crippen LogP contribution in [0.5, 0.6) is 0 Å². The van der Waals surface area contributed by atoms with E-state index in [9.17, 15) is 14.9 Å². The maximum Gasteiger partial charge on any atom is 0.283 e. The van der Waals surface area contributed by atoms with Gasteiger partial charge in [0.2, 0.25) is 0 Å². The molecule has 5 nitrogen and oxygen atoms in total. The minimum absolute atomic E-state index is 0.0592. The number of thioether (sulfide) groups is 1. The summed E-state index contributed by atoms with van der Waals surface area (Å²) in [5, 5.41) is 19.7. The maximum absolute atomic E-state index is 11.1. The molecule has 0 heterocycles. The number of nitrogens with zero attached hydrogens (tertiary/aromatic N) is 1. The Balaban J connectivity index is 3.13. The summed E-state index contributed by atoms with van der Waals surface area (Å²) in [4.78, 5) is 22.0. The van der Waals surface area contributed by atoms with Crippen molar-refractivity contribution >= 4 is 23.2 Å². The summed E-state index contributed by atoms with van der Waals surface area (Å²) in [5.41, 5.74) is 0.223. The molecule has 0 aliphatic heterocycles. The number of hydrogen-bond donors (Lipinski definition) is 1. The van der Waals surface area contributed by atoms with E-state index in [0.29, 0.717) is 10.5 Å². The zero-order valence-corrected chi connectivity index (χ0v) is 10.4. The lowest BCUT2D eigenvalue weighted by Gasteiger charge is -2.08. The minimum Gasteiger partial charge on any atom is -0.395 e. The van der Waals surface area contributed by atoms with Crippen LogP contribution in [0.3, 0.4) is 0 Å². The summed E-state index contributed by atoms with van der Waals surface area (Å²) in [7, 11) is 0. The SMILES string of the molecule is CC(=O)c1ccc(S[C@@H](C)CO)c([N+](=O)[O-])c1. The zero-order chi connectivity index (χ0) is 13.0. The molecule has 1 N–H and O–H groups in total. The second-order valence-corrected chi connectivity index (χ2v) is 5.09. The van der Waals surface area contributed by atoms with Gasteiger partial charge in [-0.1, -0.05) is 6.92 Å². The molecular formula is C11H13NO4S. The van der Waals surface area contributed by atoms with Crippen molar-refractivity contribution < 1.29 is 14.8 Å². The van der Waals surface area contributed by atoms with Gasteiger partial charge in [0.15, 0.2) is 5.78 Å². The lowest BCUT2D eigenvalue weighted by atomic mass is 10.1. The highest BCUT2D eigenvalue weighted by atomic mass is 32.2. The van der Waals surface area contributed by atoms with E-state index in [1.165, 1.54) is 24.8 Å². The Labute approximate surface area is 103 Å². The number of carbonyl (C=O) groups is 1. The Morgan fingerprint density at radius 3 is 2.71 bits per heavy atom. The van der Waals surface area contributed by atoms with Crippen molar-refractivity contribution in [2.24, 2.45) is 0 Å². The molecule has 0 spiro atoms. The van der Waals surface area contributed by atoms with Gasteiger partial charge in [-0.15, -0.1) is 11.8 Å². The summed E-state index contributed by atoms with van der Waals surface area (Å²) >= 11 is 1.22. The fourth-order valence-electron chi connectivity index (χ4n) is 1.23. The summed E-state index contributed by atoms with van der Waals surface area (Å²) in [5.74, 6) is -0.208. The Bertz CT molecular complexity index is 447. The third-order valence-corrected chi connectivity index (χ3v) is 3.30. The standard InChI is InChI=1S/C11H13NO4S/c1-7(6-13)17-11-4-3-9(8(2)14)5-10(11)12(15)16/h3-5,7,13H,6H2,1-2H3/t7-/m0/s1. The van der Waals surface area contributed by atoms with Crippen LogP contribution in [0.1, 0.15) is 24.2 Å². The molecule has 0 radical (unpaired) electrons. The van der Waals surface area contributed by atoms with Crippen molar-refractivity contribution in [3.8, 4) is 0 Å². The van der Waals surface area contributed by atoms with Crippen molar-refractivity contribution in [3.63, 3.8) is 0 Å². The first-order valence-electron chi connectivity index (χ1n) is 5.02. The van der Waals surface area contributed by atoms with Gasteiger partial charge in [0.1, 0.15) is 0 Å². The third-order valence-electron chi connectivity index (χ3n) is 2.15. The molecule has 1 aromatic carbocycles. The molecular weight excluding hydrogens is 242 g/mol. The van der Waals surface area contributed by atoms with Gasteiger partial charge in [-0.2, -0.15) is 0 Å². The van der Waals surface area contributed by atoms with Crippen LogP contribution in [0.4, 0.5) is 5.69 Å². The number of ketones is 1. The average molecular weight is 255 g/mol. The predicted molar refractivity (Wildman–Crippen MR) is 65.5 cm³/mol. The van der Waals surface area contributed by atoms with Gasteiger partial charge in [0.05, 0.1) is 16.4 Å². The molecule has 6 heteroatoms. The van der Waals surface area contributed by atoms with Gasteiger partial charge in [-0.3, -0.25) is 14.9 Å². The predicted octanol–water partition coefficient (Wildman–Crippen LogP) is 2.27. The van der Waals surface area contributed by atoms with Crippen LogP contribution in [-0.4, -0.2) is 27.7 Å². The van der Waals surface area contributed by atoms with Crippen molar-refractivity contribution in [3.05, 3.63) is 33.9 Å². The van der Waals surface area contributed by atoms with Gasteiger partial charge in [0.25, 0.3) is 5.69 Å². The second-order valence-electron chi connectivity index (χ2n) is 3.61. The lowest BCUT2D eigenvalue weighted by molar-refractivity contribution is -0.387. The number of aliphatic hydroxyl groups excluding tert-OH is 1. The highest BCUT2D eigenvalue weighted by Crippen LogP contribution is 2.32. The van der Waals surface area contributed by atoms with E-state index in [-0.39, 0.29) is 23.3 Å². The van der Waals surface area contributed by atoms with E-state index in [1.54, 1.807) is 19.1 Å². The number of aliphatic hydroxyl groups is 1. The molecule has 0 saturated carbocycles. The molecule has 1 aromatic rings. The summed E-state index contributed by atoms with van der Waals surface area (Å²) < 4.78 is 0. The van der Waals surface area contributed by atoms with Crippen LogP contribution in [0.25, 0.3) is 0 Å². The molecule has 0 aliphatic carbocycles. The Kier molecular flexibility index (Phi) is 4.65. The summed E-state index contributed by atoms with van der Waals surface area (Å²) in [6, 6.07) is 4.38. The van der Waals surface area contributed by atoms with E-state index in [0.717, 1.165) is 0 Å². The largest absolute Gasteiger partial charge is 0.395 e. The molecule has 0 aliphatic rings. The first kappa shape index (κ1) is 13.7. The van der Waals surface area contributed by atoms with Crippen molar-refractivity contribution in [2.45, 2.75) is 24.0 Å². The van der Waals surface area contributed by atoms with Crippen molar-refractivity contribution in [1.29, 1.82) is 0 Å². The molecule has 0 aromatic heterocycles. The van der Waals surface area contributed by atoms with Crippen LogP contribution in [0.15, 0.2) is 23.1 Å². The average Bonchev–Trinajstić information content (AvgIpc) is 2.28. The molecule has 1 rings (SSSR count). The van der Waals surface area contributed by atoms with Crippen molar-refractivity contribution in [2.75, 3.05) is 6.61 Å². The molecule has 92 valence electrons. The molecule has 0 saturated heterocycles. The first-order valence-corrected chi connectivity index (χ1v) is 5.90. The van der Waals surface area contributed by atoms with E-state index < -0.39 is 4.92 Å².